The lowest BCUT2D eigenvalue weighted by atomic mass is 9.60. The summed E-state index contributed by atoms with van der Waals surface area (Å²) in [6, 6.07) is 0. The van der Waals surface area contributed by atoms with E-state index in [1.807, 2.05) is 19.9 Å². The number of terminal acetylenes is 1. The predicted octanol–water partition coefficient (Wildman–Crippen LogP) is 7.97. The first-order valence-corrected chi connectivity index (χ1v) is 15.2. The normalized spacial score (nSPS) is 32.4. The fourth-order valence-electron chi connectivity index (χ4n) is 7.29. The summed E-state index contributed by atoms with van der Waals surface area (Å²) in [5.74, 6) is 4.28. The molecule has 0 heterocycles. The highest BCUT2D eigenvalue weighted by atomic mass is 16.3. The number of Topliss-reactive ketones (excluding diaryl/α,β-unsaturated/α-hetero) is 1. The van der Waals surface area contributed by atoms with E-state index in [0.29, 0.717) is 30.1 Å². The number of hydrogen-bond acceptors (Lipinski definition) is 3. The summed E-state index contributed by atoms with van der Waals surface area (Å²) in [6.45, 7) is 12.7. The van der Waals surface area contributed by atoms with Gasteiger partial charge in [-0.2, -0.15) is 0 Å². The van der Waals surface area contributed by atoms with E-state index < -0.39 is 12.0 Å². The van der Waals surface area contributed by atoms with E-state index in [0.717, 1.165) is 56.4 Å². The second kappa shape index (κ2) is 15.7. The number of hydrogen-bond donors (Lipinski definition) is 2. The summed E-state index contributed by atoms with van der Waals surface area (Å²) >= 11 is 0. The predicted molar refractivity (Wildman–Crippen MR) is 156 cm³/mol. The first kappa shape index (κ1) is 31.6. The maximum atomic E-state index is 12.5. The molecule has 2 N–H and O–H groups in total. The molecule has 3 heteroatoms. The largest absolute Gasteiger partial charge is 0.388 e. The molecule has 0 bridgehead atoms. The summed E-state index contributed by atoms with van der Waals surface area (Å²) in [6.07, 6.45) is 24.8. The SMILES string of the molecule is C#CC[C@H](C(=O)CCCC)C(O)/C=C/CC1CCC2C(C/C=C3/CCCC(O)C3=C)CCCC12C.CC. The zero-order chi connectivity index (χ0) is 27.4. The molecule has 0 amide bonds. The highest BCUT2D eigenvalue weighted by Gasteiger charge is 2.50. The summed E-state index contributed by atoms with van der Waals surface area (Å²) in [5.41, 5.74) is 2.58. The van der Waals surface area contributed by atoms with Crippen LogP contribution in [0, 0.1) is 41.4 Å². The standard InChI is InChI=1S/C32H48O3.C2H6/c1-5-7-15-30(34)27(11-6-2)31(35)17-9-14-26-20-21-28-25(13-10-22-32(26,28)4)19-18-24-12-8-16-29(33)23(24)3;1-2/h2,9,17-18,25-29,31,33,35H,3,5,7-8,10-16,19-22H2,1,4H3;1-2H3/b17-9+,24-18-;/t25?,26?,27-,28?,29?,31?,32?;/m1./s1. The number of carbonyl (C=O) groups is 1. The molecule has 3 aliphatic carbocycles. The van der Waals surface area contributed by atoms with E-state index in [1.165, 1.54) is 37.7 Å². The number of rotatable bonds is 11. The molecule has 0 spiro atoms. The molecular formula is C34H54O3. The third kappa shape index (κ3) is 8.18. The van der Waals surface area contributed by atoms with E-state index in [9.17, 15) is 15.0 Å². The van der Waals surface area contributed by atoms with Crippen LogP contribution in [0.15, 0.2) is 36.0 Å². The average Bonchev–Trinajstić information content (AvgIpc) is 3.24. The number of ketones is 1. The van der Waals surface area contributed by atoms with Gasteiger partial charge in [-0.15, -0.1) is 12.3 Å². The maximum absolute atomic E-state index is 12.5. The van der Waals surface area contributed by atoms with Gasteiger partial charge in [0.15, 0.2) is 0 Å². The molecule has 0 radical (unpaired) electrons. The van der Waals surface area contributed by atoms with Gasteiger partial charge in [0, 0.05) is 12.8 Å². The lowest BCUT2D eigenvalue weighted by Gasteiger charge is -2.45. The fourth-order valence-corrected chi connectivity index (χ4v) is 7.29. The molecule has 37 heavy (non-hydrogen) atoms. The molecule has 3 saturated carbocycles. The van der Waals surface area contributed by atoms with Crippen LogP contribution in [0.1, 0.15) is 118 Å². The van der Waals surface area contributed by atoms with Crippen molar-refractivity contribution >= 4 is 5.78 Å². The van der Waals surface area contributed by atoms with Gasteiger partial charge in [-0.1, -0.05) is 65.3 Å². The first-order chi connectivity index (χ1) is 17.8. The molecule has 3 aliphatic rings. The number of fused-ring (bicyclic) bond motifs is 1. The van der Waals surface area contributed by atoms with E-state index in [4.69, 9.17) is 6.42 Å². The minimum Gasteiger partial charge on any atom is -0.388 e. The third-order valence-electron chi connectivity index (χ3n) is 9.56. The van der Waals surface area contributed by atoms with Crippen molar-refractivity contribution in [2.75, 3.05) is 0 Å². The zero-order valence-corrected chi connectivity index (χ0v) is 24.2. The smallest absolute Gasteiger partial charge is 0.139 e. The average molecular weight is 511 g/mol. The van der Waals surface area contributed by atoms with Gasteiger partial charge in [0.05, 0.1) is 18.1 Å². The zero-order valence-electron chi connectivity index (χ0n) is 24.2. The molecule has 3 nitrogen and oxygen atoms in total. The van der Waals surface area contributed by atoms with Crippen molar-refractivity contribution < 1.29 is 15.0 Å². The Labute approximate surface area is 227 Å². The van der Waals surface area contributed by atoms with Crippen molar-refractivity contribution in [3.05, 3.63) is 36.0 Å². The fraction of sp³-hybridized carbons (Fsp3) is 0.735. The summed E-state index contributed by atoms with van der Waals surface area (Å²) in [5, 5.41) is 20.9. The van der Waals surface area contributed by atoms with Crippen LogP contribution < -0.4 is 0 Å². The minimum absolute atomic E-state index is 0.0900. The molecule has 3 rings (SSSR count). The van der Waals surface area contributed by atoms with Gasteiger partial charge in [0.1, 0.15) is 5.78 Å². The topological polar surface area (TPSA) is 57.5 Å². The van der Waals surface area contributed by atoms with Crippen LogP contribution in [-0.2, 0) is 4.79 Å². The molecule has 208 valence electrons. The molecule has 0 aromatic heterocycles. The molecular weight excluding hydrogens is 456 g/mol. The van der Waals surface area contributed by atoms with Crippen molar-refractivity contribution in [1.29, 1.82) is 0 Å². The molecule has 0 aliphatic heterocycles. The number of aliphatic hydroxyl groups is 2. The number of aliphatic hydroxyl groups excluding tert-OH is 2. The highest BCUT2D eigenvalue weighted by Crippen LogP contribution is 2.59. The molecule has 0 aromatic rings. The van der Waals surface area contributed by atoms with Gasteiger partial charge in [-0.3, -0.25) is 4.79 Å². The number of unbranched alkanes of at least 4 members (excludes halogenated alkanes) is 1. The van der Waals surface area contributed by atoms with Crippen LogP contribution >= 0.6 is 0 Å². The highest BCUT2D eigenvalue weighted by molar-refractivity contribution is 5.82. The van der Waals surface area contributed by atoms with Crippen molar-refractivity contribution in [2.24, 2.45) is 29.1 Å². The molecule has 0 saturated heterocycles. The van der Waals surface area contributed by atoms with Gasteiger partial charge >= 0.3 is 0 Å². The monoisotopic (exact) mass is 510 g/mol. The lowest BCUT2D eigenvalue weighted by molar-refractivity contribution is -0.125. The molecule has 6 unspecified atom stereocenters. The van der Waals surface area contributed by atoms with Crippen LogP contribution in [0.25, 0.3) is 0 Å². The van der Waals surface area contributed by atoms with Gasteiger partial charge in [0.25, 0.3) is 0 Å². The Bertz CT molecular complexity index is 830. The second-order valence-electron chi connectivity index (χ2n) is 11.7. The van der Waals surface area contributed by atoms with Crippen molar-refractivity contribution in [2.45, 2.75) is 130 Å². The van der Waals surface area contributed by atoms with Crippen LogP contribution in [-0.4, -0.2) is 28.2 Å². The Morgan fingerprint density at radius 2 is 1.97 bits per heavy atom. The second-order valence-corrected chi connectivity index (χ2v) is 11.7. The summed E-state index contributed by atoms with van der Waals surface area (Å²) in [7, 11) is 0. The van der Waals surface area contributed by atoms with Crippen molar-refractivity contribution in [3.8, 4) is 12.3 Å². The molecule has 0 aromatic carbocycles. The summed E-state index contributed by atoms with van der Waals surface area (Å²) in [4.78, 5) is 12.5. The lowest BCUT2D eigenvalue weighted by Crippen LogP contribution is -2.37. The van der Waals surface area contributed by atoms with Crippen LogP contribution in [0.3, 0.4) is 0 Å². The summed E-state index contributed by atoms with van der Waals surface area (Å²) < 4.78 is 0. The molecule has 7 atom stereocenters. The van der Waals surface area contributed by atoms with Gasteiger partial charge in [-0.25, -0.2) is 0 Å². The Hall–Kier alpha value is -1.63. The Morgan fingerprint density at radius 1 is 1.22 bits per heavy atom. The minimum atomic E-state index is -0.787. The van der Waals surface area contributed by atoms with Crippen LogP contribution in [0.4, 0.5) is 0 Å². The van der Waals surface area contributed by atoms with E-state index in [-0.39, 0.29) is 11.9 Å². The van der Waals surface area contributed by atoms with Gasteiger partial charge < -0.3 is 10.2 Å². The number of carbonyl (C=O) groups excluding carboxylic acids is 1. The Balaban J connectivity index is 0.00000235. The van der Waals surface area contributed by atoms with Crippen molar-refractivity contribution in [1.82, 2.24) is 0 Å². The third-order valence-corrected chi connectivity index (χ3v) is 9.56. The van der Waals surface area contributed by atoms with Gasteiger partial charge in [-0.05, 0) is 98.5 Å². The van der Waals surface area contributed by atoms with E-state index >= 15 is 0 Å². The van der Waals surface area contributed by atoms with E-state index in [1.54, 1.807) is 0 Å². The van der Waals surface area contributed by atoms with Crippen LogP contribution in [0.2, 0.25) is 0 Å². The van der Waals surface area contributed by atoms with Gasteiger partial charge in [0.2, 0.25) is 0 Å². The maximum Gasteiger partial charge on any atom is 0.139 e. The first-order valence-electron chi connectivity index (χ1n) is 15.2. The molecule has 3 fully saturated rings. The van der Waals surface area contributed by atoms with E-state index in [2.05, 4.69) is 38.5 Å². The van der Waals surface area contributed by atoms with Crippen molar-refractivity contribution in [3.63, 3.8) is 0 Å². The number of allylic oxidation sites excluding steroid dienone is 2. The quantitative estimate of drug-likeness (QED) is 0.219. The Kier molecular flexibility index (Phi) is 13.4. The van der Waals surface area contributed by atoms with Crippen LogP contribution in [0.5, 0.6) is 0 Å². The Morgan fingerprint density at radius 3 is 2.68 bits per heavy atom.